The molecule has 0 amide bonds. The first kappa shape index (κ1) is 19.0. The van der Waals surface area contributed by atoms with Crippen LogP contribution in [-0.4, -0.2) is 24.6 Å². The van der Waals surface area contributed by atoms with E-state index in [1.807, 2.05) is 19.1 Å². The second kappa shape index (κ2) is 8.67. The molecule has 0 radical (unpaired) electrons. The molecular weight excluding hydrogens is 388 g/mol. The van der Waals surface area contributed by atoms with Gasteiger partial charge in [0.15, 0.2) is 6.61 Å². The summed E-state index contributed by atoms with van der Waals surface area (Å²) in [5, 5.41) is 0. The highest BCUT2D eigenvalue weighted by Gasteiger charge is 2.11. The lowest BCUT2D eigenvalue weighted by Crippen LogP contribution is -2.18. The maximum Gasteiger partial charge on any atom is 0.349 e. The Kier molecular flexibility index (Phi) is 6.58. The molecule has 6 heteroatoms. The van der Waals surface area contributed by atoms with Gasteiger partial charge in [-0.1, -0.05) is 15.9 Å². The molecule has 2 rings (SSSR count). The molecule has 5 nitrogen and oxygen atoms in total. The van der Waals surface area contributed by atoms with E-state index >= 15 is 0 Å². The Bertz CT molecular complexity index is 753. The van der Waals surface area contributed by atoms with Crippen molar-refractivity contribution in [3.05, 3.63) is 58.1 Å². The van der Waals surface area contributed by atoms with Gasteiger partial charge in [0, 0.05) is 4.47 Å². The number of ether oxygens (including phenoxy) is 3. The SMILES string of the molecule is Cc1cc(OCC(=O)Oc2ccc(C(=O)OC(C)C)cc2)ccc1Br. The molecule has 25 heavy (non-hydrogen) atoms. The summed E-state index contributed by atoms with van der Waals surface area (Å²) in [5.41, 5.74) is 1.41. The van der Waals surface area contributed by atoms with Crippen LogP contribution < -0.4 is 9.47 Å². The summed E-state index contributed by atoms with van der Waals surface area (Å²) in [6.45, 7) is 5.28. The Labute approximate surface area is 155 Å². The van der Waals surface area contributed by atoms with Crippen molar-refractivity contribution in [1.29, 1.82) is 0 Å². The number of carbonyl (C=O) groups excluding carboxylic acids is 2. The van der Waals surface area contributed by atoms with Gasteiger partial charge >= 0.3 is 11.9 Å². The number of aryl methyl sites for hydroxylation is 1. The summed E-state index contributed by atoms with van der Waals surface area (Å²) in [6, 6.07) is 11.6. The van der Waals surface area contributed by atoms with Gasteiger partial charge in [-0.2, -0.15) is 0 Å². The quantitative estimate of drug-likeness (QED) is 0.528. The van der Waals surface area contributed by atoms with E-state index < -0.39 is 11.9 Å². The standard InChI is InChI=1S/C19H19BrO5/c1-12(2)24-19(22)14-4-6-15(7-5-14)25-18(21)11-23-16-8-9-17(20)13(3)10-16/h4-10,12H,11H2,1-3H3. The molecule has 0 bridgehead atoms. The first-order valence-corrected chi connectivity index (χ1v) is 8.55. The minimum absolute atomic E-state index is 0.190. The van der Waals surface area contributed by atoms with E-state index in [2.05, 4.69) is 15.9 Å². The third-order valence-electron chi connectivity index (χ3n) is 3.15. The number of hydrogen-bond acceptors (Lipinski definition) is 5. The zero-order valence-corrected chi connectivity index (χ0v) is 15.8. The molecule has 0 heterocycles. The lowest BCUT2D eigenvalue weighted by molar-refractivity contribution is -0.136. The maximum atomic E-state index is 11.9. The van der Waals surface area contributed by atoms with Crippen LogP contribution >= 0.6 is 15.9 Å². The van der Waals surface area contributed by atoms with E-state index in [4.69, 9.17) is 14.2 Å². The predicted molar refractivity (Wildman–Crippen MR) is 97.0 cm³/mol. The third kappa shape index (κ3) is 5.90. The highest BCUT2D eigenvalue weighted by molar-refractivity contribution is 9.10. The lowest BCUT2D eigenvalue weighted by atomic mass is 10.2. The molecule has 0 aliphatic carbocycles. The molecule has 0 saturated heterocycles. The maximum absolute atomic E-state index is 11.9. The Hall–Kier alpha value is -2.34. The van der Waals surface area contributed by atoms with Gasteiger partial charge in [0.2, 0.25) is 0 Å². The first-order valence-electron chi connectivity index (χ1n) is 7.76. The summed E-state index contributed by atoms with van der Waals surface area (Å²) in [7, 11) is 0. The van der Waals surface area contributed by atoms with Crippen molar-refractivity contribution < 1.29 is 23.8 Å². The van der Waals surface area contributed by atoms with Crippen molar-refractivity contribution in [2.45, 2.75) is 26.9 Å². The van der Waals surface area contributed by atoms with E-state index in [0.717, 1.165) is 10.0 Å². The van der Waals surface area contributed by atoms with E-state index in [-0.39, 0.29) is 12.7 Å². The van der Waals surface area contributed by atoms with Gasteiger partial charge in [0.05, 0.1) is 11.7 Å². The second-order valence-electron chi connectivity index (χ2n) is 5.65. The number of halogens is 1. The molecular formula is C19H19BrO5. The van der Waals surface area contributed by atoms with Crippen molar-refractivity contribution in [2.24, 2.45) is 0 Å². The molecule has 0 spiro atoms. The normalized spacial score (nSPS) is 10.4. The molecule has 0 saturated carbocycles. The van der Waals surface area contributed by atoms with E-state index in [1.165, 1.54) is 0 Å². The molecule has 0 aromatic heterocycles. The molecule has 0 aliphatic heterocycles. The Morgan fingerprint density at radius 1 is 1.04 bits per heavy atom. The fourth-order valence-corrected chi connectivity index (χ4v) is 2.20. The topological polar surface area (TPSA) is 61.8 Å². The minimum Gasteiger partial charge on any atom is -0.482 e. The second-order valence-corrected chi connectivity index (χ2v) is 6.51. The minimum atomic E-state index is -0.530. The summed E-state index contributed by atoms with van der Waals surface area (Å²) in [5.74, 6) is -0.0222. The van der Waals surface area contributed by atoms with Gasteiger partial charge in [0.1, 0.15) is 11.5 Å². The van der Waals surface area contributed by atoms with Crippen LogP contribution in [0.25, 0.3) is 0 Å². The summed E-state index contributed by atoms with van der Waals surface area (Å²) in [6.07, 6.45) is -0.190. The Morgan fingerprint density at radius 2 is 1.68 bits per heavy atom. The van der Waals surface area contributed by atoms with Gasteiger partial charge in [-0.3, -0.25) is 0 Å². The summed E-state index contributed by atoms with van der Waals surface area (Å²) >= 11 is 3.40. The van der Waals surface area contributed by atoms with Gasteiger partial charge in [-0.15, -0.1) is 0 Å². The highest BCUT2D eigenvalue weighted by Crippen LogP contribution is 2.21. The van der Waals surface area contributed by atoms with Crippen molar-refractivity contribution in [3.63, 3.8) is 0 Å². The molecule has 0 fully saturated rings. The molecule has 2 aromatic carbocycles. The number of benzene rings is 2. The molecule has 0 N–H and O–H groups in total. The summed E-state index contributed by atoms with van der Waals surface area (Å²) < 4.78 is 16.7. The average molecular weight is 407 g/mol. The molecule has 132 valence electrons. The zero-order valence-electron chi connectivity index (χ0n) is 14.2. The average Bonchev–Trinajstić information content (AvgIpc) is 2.56. The number of carbonyl (C=O) groups is 2. The number of hydrogen-bond donors (Lipinski definition) is 0. The van der Waals surface area contributed by atoms with Crippen LogP contribution in [0.3, 0.4) is 0 Å². The fraction of sp³-hybridized carbons (Fsp3) is 0.263. The van der Waals surface area contributed by atoms with Crippen LogP contribution in [-0.2, 0) is 9.53 Å². The van der Waals surface area contributed by atoms with Crippen molar-refractivity contribution in [3.8, 4) is 11.5 Å². The summed E-state index contributed by atoms with van der Waals surface area (Å²) in [4.78, 5) is 23.6. The Balaban J connectivity index is 1.87. The smallest absolute Gasteiger partial charge is 0.349 e. The van der Waals surface area contributed by atoms with Gasteiger partial charge in [0.25, 0.3) is 0 Å². The van der Waals surface area contributed by atoms with Crippen LogP contribution in [0.5, 0.6) is 11.5 Å². The van der Waals surface area contributed by atoms with Gasteiger partial charge in [-0.25, -0.2) is 9.59 Å². The van der Waals surface area contributed by atoms with Crippen molar-refractivity contribution >= 4 is 27.9 Å². The number of rotatable bonds is 6. The van der Waals surface area contributed by atoms with Crippen molar-refractivity contribution in [1.82, 2.24) is 0 Å². The fourth-order valence-electron chi connectivity index (χ4n) is 1.95. The molecule has 2 aromatic rings. The molecule has 0 atom stereocenters. The monoisotopic (exact) mass is 406 g/mol. The third-order valence-corrected chi connectivity index (χ3v) is 4.04. The first-order chi connectivity index (χ1) is 11.8. The Morgan fingerprint density at radius 3 is 2.28 bits per heavy atom. The van der Waals surface area contributed by atoms with E-state index in [0.29, 0.717) is 17.1 Å². The van der Waals surface area contributed by atoms with Crippen LogP contribution in [0.4, 0.5) is 0 Å². The molecule has 0 unspecified atom stereocenters. The van der Waals surface area contributed by atoms with Crippen LogP contribution in [0.2, 0.25) is 0 Å². The van der Waals surface area contributed by atoms with Crippen LogP contribution in [0.1, 0.15) is 29.8 Å². The number of esters is 2. The zero-order chi connectivity index (χ0) is 18.4. The van der Waals surface area contributed by atoms with E-state index in [1.54, 1.807) is 44.2 Å². The lowest BCUT2D eigenvalue weighted by Gasteiger charge is -2.09. The van der Waals surface area contributed by atoms with Gasteiger partial charge < -0.3 is 14.2 Å². The molecule has 0 aliphatic rings. The van der Waals surface area contributed by atoms with E-state index in [9.17, 15) is 9.59 Å². The van der Waals surface area contributed by atoms with Gasteiger partial charge in [-0.05, 0) is 68.8 Å². The predicted octanol–water partition coefficient (Wildman–Crippen LogP) is 4.31. The van der Waals surface area contributed by atoms with Crippen molar-refractivity contribution in [2.75, 3.05) is 6.61 Å². The van der Waals surface area contributed by atoms with Crippen LogP contribution in [0, 0.1) is 6.92 Å². The van der Waals surface area contributed by atoms with Crippen LogP contribution in [0.15, 0.2) is 46.9 Å². The highest BCUT2D eigenvalue weighted by atomic mass is 79.9. The largest absolute Gasteiger partial charge is 0.482 e.